The fraction of sp³-hybridized carbons (Fsp3) is 1.00. The maximum atomic E-state index is 8.87. The molecular formula is C12H28ClNO. The average Bonchev–Trinajstić information content (AvgIpc) is 2.21. The van der Waals surface area contributed by atoms with Gasteiger partial charge in [0.25, 0.3) is 0 Å². The van der Waals surface area contributed by atoms with E-state index in [1.54, 1.807) is 0 Å². The van der Waals surface area contributed by atoms with Crippen molar-refractivity contribution in [2.24, 2.45) is 0 Å². The lowest BCUT2D eigenvalue weighted by Gasteiger charge is -2.34. The van der Waals surface area contributed by atoms with E-state index in [0.717, 1.165) is 17.4 Å². The summed E-state index contributed by atoms with van der Waals surface area (Å²) in [5, 5.41) is 8.87. The molecule has 0 amide bonds. The van der Waals surface area contributed by atoms with Gasteiger partial charge < -0.3 is 22.0 Å². The number of aliphatic hydroxyl groups excluding tert-OH is 1. The Morgan fingerprint density at radius 2 is 1.27 bits per heavy atom. The zero-order chi connectivity index (χ0) is 10.9. The first-order chi connectivity index (χ1) is 6.68. The third-order valence-electron chi connectivity index (χ3n) is 2.96. The Balaban J connectivity index is 0. The highest BCUT2D eigenvalue weighted by atomic mass is 35.5. The lowest BCUT2D eigenvalue weighted by Crippen LogP contribution is -3.00. The summed E-state index contributed by atoms with van der Waals surface area (Å²) in [6.07, 6.45) is 6.12. The largest absolute Gasteiger partial charge is 1.00 e. The molecular weight excluding hydrogens is 210 g/mol. The zero-order valence-electron chi connectivity index (χ0n) is 10.6. The second kappa shape index (κ2) is 10.7. The van der Waals surface area contributed by atoms with E-state index in [2.05, 4.69) is 20.9 Å². The molecule has 0 aromatic rings. The SMILES string of the molecule is CCCC[N+](C)(CCCC)CCCO.[Cl-]. The van der Waals surface area contributed by atoms with Crippen LogP contribution in [0.1, 0.15) is 46.0 Å². The van der Waals surface area contributed by atoms with E-state index in [4.69, 9.17) is 5.11 Å². The molecule has 2 nitrogen and oxygen atoms in total. The van der Waals surface area contributed by atoms with Crippen LogP contribution >= 0.6 is 0 Å². The maximum Gasteiger partial charge on any atom is 0.0806 e. The lowest BCUT2D eigenvalue weighted by atomic mass is 10.2. The van der Waals surface area contributed by atoms with Crippen LogP contribution < -0.4 is 12.4 Å². The van der Waals surface area contributed by atoms with Crippen molar-refractivity contribution in [3.8, 4) is 0 Å². The van der Waals surface area contributed by atoms with Crippen LogP contribution in [0.4, 0.5) is 0 Å². The summed E-state index contributed by atoms with van der Waals surface area (Å²) >= 11 is 0. The highest BCUT2D eigenvalue weighted by molar-refractivity contribution is 4.43. The molecule has 0 aromatic heterocycles. The van der Waals surface area contributed by atoms with Gasteiger partial charge in [-0.3, -0.25) is 0 Å². The van der Waals surface area contributed by atoms with Crippen LogP contribution in [0.3, 0.4) is 0 Å². The Morgan fingerprint density at radius 3 is 1.60 bits per heavy atom. The number of aliphatic hydroxyl groups is 1. The molecule has 0 aromatic carbocycles. The van der Waals surface area contributed by atoms with Gasteiger partial charge in [0.15, 0.2) is 0 Å². The van der Waals surface area contributed by atoms with Crippen molar-refractivity contribution in [3.05, 3.63) is 0 Å². The molecule has 0 fully saturated rings. The van der Waals surface area contributed by atoms with Gasteiger partial charge in [0.05, 0.1) is 26.7 Å². The molecule has 0 atom stereocenters. The number of halogens is 1. The molecule has 0 saturated heterocycles. The quantitative estimate of drug-likeness (QED) is 0.532. The highest BCUT2D eigenvalue weighted by Gasteiger charge is 2.19. The van der Waals surface area contributed by atoms with Gasteiger partial charge in [-0.15, -0.1) is 0 Å². The number of hydrogen-bond acceptors (Lipinski definition) is 1. The fourth-order valence-electron chi connectivity index (χ4n) is 1.87. The number of nitrogens with zero attached hydrogens (tertiary/aromatic N) is 1. The van der Waals surface area contributed by atoms with Crippen LogP contribution in [0.25, 0.3) is 0 Å². The van der Waals surface area contributed by atoms with Gasteiger partial charge in [0.1, 0.15) is 0 Å². The normalized spacial score (nSPS) is 11.2. The summed E-state index contributed by atoms with van der Waals surface area (Å²) in [6, 6.07) is 0. The molecule has 0 spiro atoms. The molecule has 94 valence electrons. The number of rotatable bonds is 9. The third kappa shape index (κ3) is 9.16. The van der Waals surface area contributed by atoms with Gasteiger partial charge >= 0.3 is 0 Å². The molecule has 0 saturated carbocycles. The monoisotopic (exact) mass is 237 g/mol. The van der Waals surface area contributed by atoms with Gasteiger partial charge in [-0.25, -0.2) is 0 Å². The van der Waals surface area contributed by atoms with Gasteiger partial charge in [-0.1, -0.05) is 26.7 Å². The first-order valence-corrected chi connectivity index (χ1v) is 6.13. The van der Waals surface area contributed by atoms with Crippen molar-refractivity contribution >= 4 is 0 Å². The minimum Gasteiger partial charge on any atom is -1.00 e. The van der Waals surface area contributed by atoms with E-state index in [1.165, 1.54) is 38.8 Å². The van der Waals surface area contributed by atoms with Crippen LogP contribution in [0.5, 0.6) is 0 Å². The molecule has 0 bridgehead atoms. The van der Waals surface area contributed by atoms with E-state index >= 15 is 0 Å². The standard InChI is InChI=1S/C12H28NO.ClH/c1-4-6-9-13(3,10-7-5-2)11-8-12-14;/h14H,4-12H2,1-3H3;1H/q+1;/p-1. The van der Waals surface area contributed by atoms with Crippen LogP contribution in [0.15, 0.2) is 0 Å². The van der Waals surface area contributed by atoms with Gasteiger partial charge in [-0.2, -0.15) is 0 Å². The van der Waals surface area contributed by atoms with Gasteiger partial charge in [0.2, 0.25) is 0 Å². The van der Waals surface area contributed by atoms with Crippen molar-refractivity contribution in [2.75, 3.05) is 33.3 Å². The highest BCUT2D eigenvalue weighted by Crippen LogP contribution is 2.09. The van der Waals surface area contributed by atoms with Crippen LogP contribution in [-0.4, -0.2) is 42.9 Å². The van der Waals surface area contributed by atoms with E-state index in [-0.39, 0.29) is 12.4 Å². The molecule has 3 heteroatoms. The molecule has 0 radical (unpaired) electrons. The van der Waals surface area contributed by atoms with Crippen LogP contribution in [-0.2, 0) is 0 Å². The Kier molecular flexibility index (Phi) is 12.6. The Hall–Kier alpha value is 0.210. The second-order valence-electron chi connectivity index (χ2n) is 4.57. The maximum absolute atomic E-state index is 8.87. The van der Waals surface area contributed by atoms with E-state index in [0.29, 0.717) is 6.61 Å². The second-order valence-corrected chi connectivity index (χ2v) is 4.57. The molecule has 0 aliphatic rings. The molecule has 0 rings (SSSR count). The van der Waals surface area contributed by atoms with E-state index in [9.17, 15) is 0 Å². The zero-order valence-corrected chi connectivity index (χ0v) is 11.4. The molecule has 0 unspecified atom stereocenters. The lowest BCUT2D eigenvalue weighted by molar-refractivity contribution is -0.910. The summed E-state index contributed by atoms with van der Waals surface area (Å²) in [5.41, 5.74) is 0. The first-order valence-electron chi connectivity index (χ1n) is 6.13. The molecule has 15 heavy (non-hydrogen) atoms. The molecule has 0 aliphatic heterocycles. The summed E-state index contributed by atoms with van der Waals surface area (Å²) in [6.45, 7) is 8.52. The molecule has 1 N–H and O–H groups in total. The average molecular weight is 238 g/mol. The summed E-state index contributed by atoms with van der Waals surface area (Å²) in [5.74, 6) is 0. The minimum atomic E-state index is 0. The molecule has 0 aliphatic carbocycles. The summed E-state index contributed by atoms with van der Waals surface area (Å²) < 4.78 is 1.16. The topological polar surface area (TPSA) is 20.2 Å². The van der Waals surface area contributed by atoms with Gasteiger partial charge in [-0.05, 0) is 12.8 Å². The predicted octanol–water partition coefficient (Wildman–Crippen LogP) is -0.580. The van der Waals surface area contributed by atoms with Crippen LogP contribution in [0, 0.1) is 0 Å². The van der Waals surface area contributed by atoms with E-state index < -0.39 is 0 Å². The summed E-state index contributed by atoms with van der Waals surface area (Å²) in [4.78, 5) is 0. The van der Waals surface area contributed by atoms with Crippen molar-refractivity contribution < 1.29 is 22.0 Å². The van der Waals surface area contributed by atoms with Crippen LogP contribution in [0.2, 0.25) is 0 Å². The van der Waals surface area contributed by atoms with Crippen molar-refractivity contribution in [2.45, 2.75) is 46.0 Å². The Bertz CT molecular complexity index is 109. The summed E-state index contributed by atoms with van der Waals surface area (Å²) in [7, 11) is 2.33. The van der Waals surface area contributed by atoms with E-state index in [1.807, 2.05) is 0 Å². The number of hydrogen-bond donors (Lipinski definition) is 1. The van der Waals surface area contributed by atoms with Crippen molar-refractivity contribution in [3.63, 3.8) is 0 Å². The van der Waals surface area contributed by atoms with Crippen molar-refractivity contribution in [1.82, 2.24) is 0 Å². The smallest absolute Gasteiger partial charge is 0.0806 e. The Morgan fingerprint density at radius 1 is 0.867 bits per heavy atom. The number of unbranched alkanes of at least 4 members (excludes halogenated alkanes) is 2. The predicted molar refractivity (Wildman–Crippen MR) is 62.3 cm³/mol. The Labute approximate surface area is 102 Å². The van der Waals surface area contributed by atoms with Crippen molar-refractivity contribution in [1.29, 1.82) is 0 Å². The first kappa shape index (κ1) is 17.6. The molecule has 0 heterocycles. The number of quaternary nitrogens is 1. The fourth-order valence-corrected chi connectivity index (χ4v) is 1.87. The third-order valence-corrected chi connectivity index (χ3v) is 2.96. The minimum absolute atomic E-state index is 0. The van der Waals surface area contributed by atoms with Gasteiger partial charge in [0, 0.05) is 13.0 Å².